The fourth-order valence-electron chi connectivity index (χ4n) is 5.40. The van der Waals surface area contributed by atoms with Crippen LogP contribution in [0.2, 0.25) is 0 Å². The van der Waals surface area contributed by atoms with Crippen LogP contribution in [0.3, 0.4) is 0 Å². The average molecular weight is 426 g/mol. The van der Waals surface area contributed by atoms with Gasteiger partial charge >= 0.3 is 0 Å². The van der Waals surface area contributed by atoms with Crippen LogP contribution < -0.4 is 4.90 Å². The van der Waals surface area contributed by atoms with E-state index in [9.17, 15) is 0 Å². The molecule has 0 fully saturated rings. The van der Waals surface area contributed by atoms with E-state index in [1.807, 2.05) is 0 Å². The Bertz CT molecular complexity index is 1420. The van der Waals surface area contributed by atoms with Gasteiger partial charge in [-0.15, -0.1) is 0 Å². The molecule has 1 nitrogen and oxygen atoms in total. The van der Waals surface area contributed by atoms with Gasteiger partial charge in [-0.1, -0.05) is 91.0 Å². The van der Waals surface area contributed by atoms with Gasteiger partial charge in [0.1, 0.15) is 0 Å². The van der Waals surface area contributed by atoms with Crippen molar-refractivity contribution < 1.29 is 0 Å². The minimum absolute atomic E-state index is 0.392. The van der Waals surface area contributed by atoms with E-state index in [0.717, 1.165) is 12.8 Å². The van der Waals surface area contributed by atoms with Crippen LogP contribution in [0.4, 0.5) is 11.4 Å². The van der Waals surface area contributed by atoms with Crippen LogP contribution in [-0.2, 0) is 6.42 Å². The first-order valence-electron chi connectivity index (χ1n) is 11.8. The second kappa shape index (κ2) is 8.26. The molecule has 33 heavy (non-hydrogen) atoms. The zero-order chi connectivity index (χ0) is 22.2. The molecule has 5 aromatic rings. The van der Waals surface area contributed by atoms with Gasteiger partial charge in [-0.25, -0.2) is 0 Å². The number of hydrogen-bond acceptors (Lipinski definition) is 1. The van der Waals surface area contributed by atoms with Crippen molar-refractivity contribution >= 4 is 22.1 Å². The lowest BCUT2D eigenvalue weighted by atomic mass is 9.85. The maximum Gasteiger partial charge on any atom is 0.0414 e. The molecule has 0 amide bonds. The Labute approximate surface area is 195 Å². The number of anilines is 2. The molecule has 1 aliphatic carbocycles. The van der Waals surface area contributed by atoms with Gasteiger partial charge in [0, 0.05) is 24.3 Å². The van der Waals surface area contributed by atoms with Gasteiger partial charge < -0.3 is 4.90 Å². The van der Waals surface area contributed by atoms with E-state index in [1.165, 1.54) is 50.0 Å². The largest absolute Gasteiger partial charge is 0.345 e. The molecule has 1 atom stereocenters. The zero-order valence-corrected chi connectivity index (χ0v) is 18.9. The summed E-state index contributed by atoms with van der Waals surface area (Å²) < 4.78 is 0. The third kappa shape index (κ3) is 3.50. The fraction of sp³-hybridized carbons (Fsp3) is 0.125. The highest BCUT2D eigenvalue weighted by atomic mass is 15.1. The predicted octanol–water partition coefficient (Wildman–Crippen LogP) is 8.35. The number of nitrogens with zero attached hydrogens (tertiary/aromatic N) is 1. The summed E-state index contributed by atoms with van der Waals surface area (Å²) in [5, 5.41) is 2.66. The molecule has 0 unspecified atom stereocenters. The summed E-state index contributed by atoms with van der Waals surface area (Å²) in [4.78, 5) is 2.29. The number of para-hydroxylation sites is 1. The lowest BCUT2D eigenvalue weighted by Gasteiger charge is -2.24. The van der Waals surface area contributed by atoms with Crippen LogP contribution in [0.15, 0.2) is 115 Å². The summed E-state index contributed by atoms with van der Waals surface area (Å²) in [5.74, 6) is 0.392. The van der Waals surface area contributed by atoms with Crippen molar-refractivity contribution in [3.8, 4) is 11.1 Å². The van der Waals surface area contributed by atoms with E-state index in [0.29, 0.717) is 5.92 Å². The smallest absolute Gasteiger partial charge is 0.0414 e. The first-order chi connectivity index (χ1) is 16.3. The summed E-state index contributed by atoms with van der Waals surface area (Å²) in [6.45, 7) is 0. The number of aryl methyl sites for hydroxylation is 1. The summed E-state index contributed by atoms with van der Waals surface area (Å²) in [7, 11) is 2.16. The molecular weight excluding hydrogens is 398 g/mol. The molecule has 1 aliphatic rings. The highest BCUT2D eigenvalue weighted by molar-refractivity contribution is 6.00. The maximum absolute atomic E-state index is 2.41. The van der Waals surface area contributed by atoms with Crippen LogP contribution in [0, 0.1) is 0 Å². The van der Waals surface area contributed by atoms with E-state index >= 15 is 0 Å². The van der Waals surface area contributed by atoms with Crippen LogP contribution in [0.5, 0.6) is 0 Å². The average Bonchev–Trinajstić information content (AvgIpc) is 3.06. The van der Waals surface area contributed by atoms with Gasteiger partial charge in [-0.2, -0.15) is 0 Å². The minimum Gasteiger partial charge on any atom is -0.345 e. The fourth-order valence-corrected chi connectivity index (χ4v) is 5.40. The Morgan fingerprint density at radius 1 is 0.667 bits per heavy atom. The van der Waals surface area contributed by atoms with E-state index < -0.39 is 0 Å². The SMILES string of the molecule is CN(c1ccccc1)c1ccc2c(c1)-c1c(ccc3ccccc13)CC[C@H]2c1ccccc1. The lowest BCUT2D eigenvalue weighted by molar-refractivity contribution is 0.726. The Hall–Kier alpha value is -3.84. The van der Waals surface area contributed by atoms with Crippen molar-refractivity contribution in [1.82, 2.24) is 0 Å². The van der Waals surface area contributed by atoms with Gasteiger partial charge in [0.2, 0.25) is 0 Å². The predicted molar refractivity (Wildman–Crippen MR) is 140 cm³/mol. The number of hydrogen-bond donors (Lipinski definition) is 0. The maximum atomic E-state index is 2.41. The molecule has 160 valence electrons. The normalized spacial score (nSPS) is 14.9. The molecule has 5 aromatic carbocycles. The molecule has 0 aliphatic heterocycles. The van der Waals surface area contributed by atoms with Gasteiger partial charge in [0.25, 0.3) is 0 Å². The zero-order valence-electron chi connectivity index (χ0n) is 18.9. The van der Waals surface area contributed by atoms with E-state index in [-0.39, 0.29) is 0 Å². The minimum atomic E-state index is 0.392. The highest BCUT2D eigenvalue weighted by Crippen LogP contribution is 2.45. The van der Waals surface area contributed by atoms with Crippen LogP contribution in [-0.4, -0.2) is 7.05 Å². The summed E-state index contributed by atoms with van der Waals surface area (Å²) in [5.41, 5.74) is 9.48. The summed E-state index contributed by atoms with van der Waals surface area (Å²) >= 11 is 0. The van der Waals surface area contributed by atoms with Gasteiger partial charge in [0.15, 0.2) is 0 Å². The van der Waals surface area contributed by atoms with Crippen molar-refractivity contribution in [2.24, 2.45) is 0 Å². The number of rotatable bonds is 3. The van der Waals surface area contributed by atoms with Crippen molar-refractivity contribution in [2.75, 3.05) is 11.9 Å². The molecule has 1 heteroatoms. The molecule has 0 spiro atoms. The Kier molecular flexibility index (Phi) is 4.96. The van der Waals surface area contributed by atoms with Crippen LogP contribution >= 0.6 is 0 Å². The van der Waals surface area contributed by atoms with E-state index in [4.69, 9.17) is 0 Å². The van der Waals surface area contributed by atoms with Gasteiger partial charge in [-0.3, -0.25) is 0 Å². The first kappa shape index (κ1) is 19.8. The highest BCUT2D eigenvalue weighted by Gasteiger charge is 2.25. The van der Waals surface area contributed by atoms with Crippen molar-refractivity contribution in [3.05, 3.63) is 132 Å². The summed E-state index contributed by atoms with van der Waals surface area (Å²) in [6.07, 6.45) is 2.20. The monoisotopic (exact) mass is 425 g/mol. The third-order valence-corrected chi connectivity index (χ3v) is 7.13. The Morgan fingerprint density at radius 2 is 1.39 bits per heavy atom. The molecule has 0 N–H and O–H groups in total. The second-order valence-corrected chi connectivity index (χ2v) is 8.99. The molecule has 0 radical (unpaired) electrons. The van der Waals surface area contributed by atoms with Crippen molar-refractivity contribution in [3.63, 3.8) is 0 Å². The third-order valence-electron chi connectivity index (χ3n) is 7.13. The van der Waals surface area contributed by atoms with Crippen LogP contribution in [0.1, 0.15) is 29.0 Å². The van der Waals surface area contributed by atoms with E-state index in [2.05, 4.69) is 127 Å². The quantitative estimate of drug-likeness (QED) is 0.281. The lowest BCUT2D eigenvalue weighted by Crippen LogP contribution is -2.10. The second-order valence-electron chi connectivity index (χ2n) is 8.99. The summed E-state index contributed by atoms with van der Waals surface area (Å²) in [6, 6.07) is 42.2. The molecule has 0 aromatic heterocycles. The van der Waals surface area contributed by atoms with Crippen molar-refractivity contribution in [1.29, 1.82) is 0 Å². The molecule has 0 bridgehead atoms. The first-order valence-corrected chi connectivity index (χ1v) is 11.8. The van der Waals surface area contributed by atoms with Crippen molar-refractivity contribution in [2.45, 2.75) is 18.8 Å². The van der Waals surface area contributed by atoms with Gasteiger partial charge in [0.05, 0.1) is 0 Å². The number of fused-ring (bicyclic) bond motifs is 5. The molecule has 0 heterocycles. The standard InChI is InChI=1S/C32H27N/c1-33(26-13-6-3-7-14-26)27-19-21-30-28(23-10-4-2-5-11-23)20-18-25-17-16-24-12-8-9-15-29(24)32(25)31(30)22-27/h2-17,19,21-22,28H,18,20H2,1H3/t28-/m0/s1. The Morgan fingerprint density at radius 3 is 2.21 bits per heavy atom. The molecular formula is C32H27N. The molecule has 6 rings (SSSR count). The topological polar surface area (TPSA) is 3.24 Å². The molecule has 0 saturated carbocycles. The molecule has 0 saturated heterocycles. The Balaban J connectivity index is 1.60. The van der Waals surface area contributed by atoms with Crippen LogP contribution in [0.25, 0.3) is 21.9 Å². The van der Waals surface area contributed by atoms with Gasteiger partial charge in [-0.05, 0) is 75.7 Å². The van der Waals surface area contributed by atoms with E-state index in [1.54, 1.807) is 0 Å². The number of benzene rings is 5.